The van der Waals surface area contributed by atoms with Crippen molar-refractivity contribution in [1.29, 1.82) is 0 Å². The van der Waals surface area contributed by atoms with Gasteiger partial charge in [-0.25, -0.2) is 4.98 Å². The summed E-state index contributed by atoms with van der Waals surface area (Å²) in [6, 6.07) is 16.0. The SMILES string of the molecule is CC(C)c1ccc(/C=C/C(=O)Nc2nc(-c3ccccc3OCCN(C)C)cs2)cc1. The molecule has 0 radical (unpaired) electrons. The van der Waals surface area contributed by atoms with Gasteiger partial charge in [-0.05, 0) is 49.3 Å². The van der Waals surface area contributed by atoms with Crippen molar-refractivity contribution in [1.82, 2.24) is 9.88 Å². The number of rotatable bonds is 9. The van der Waals surface area contributed by atoms with Crippen LogP contribution in [0.5, 0.6) is 5.75 Å². The van der Waals surface area contributed by atoms with Gasteiger partial charge in [0, 0.05) is 23.6 Å². The van der Waals surface area contributed by atoms with Gasteiger partial charge < -0.3 is 9.64 Å². The van der Waals surface area contributed by atoms with Gasteiger partial charge in [0.25, 0.3) is 0 Å². The first-order valence-electron chi connectivity index (χ1n) is 10.3. The van der Waals surface area contributed by atoms with Gasteiger partial charge in [-0.1, -0.05) is 50.2 Å². The number of ether oxygens (including phenoxy) is 1. The second-order valence-corrected chi connectivity index (χ2v) is 8.69. The number of nitrogens with zero attached hydrogens (tertiary/aromatic N) is 2. The van der Waals surface area contributed by atoms with Gasteiger partial charge in [0.05, 0.1) is 5.69 Å². The molecule has 3 aromatic rings. The highest BCUT2D eigenvalue weighted by Crippen LogP contribution is 2.32. The number of carbonyl (C=O) groups excluding carboxylic acids is 1. The first kappa shape index (κ1) is 22.7. The van der Waals surface area contributed by atoms with E-state index in [-0.39, 0.29) is 5.91 Å². The van der Waals surface area contributed by atoms with Crippen LogP contribution >= 0.6 is 11.3 Å². The highest BCUT2D eigenvalue weighted by Gasteiger charge is 2.11. The van der Waals surface area contributed by atoms with Crippen LogP contribution in [0.15, 0.2) is 60.0 Å². The molecule has 1 heterocycles. The molecule has 0 aliphatic heterocycles. The first-order valence-corrected chi connectivity index (χ1v) is 11.2. The summed E-state index contributed by atoms with van der Waals surface area (Å²) in [6.45, 7) is 5.75. The zero-order chi connectivity index (χ0) is 22.2. The minimum absolute atomic E-state index is 0.204. The molecule has 0 fully saturated rings. The fraction of sp³-hybridized carbons (Fsp3) is 0.280. The fourth-order valence-electron chi connectivity index (χ4n) is 2.91. The number of aromatic nitrogens is 1. The number of carbonyl (C=O) groups is 1. The van der Waals surface area contributed by atoms with Crippen LogP contribution in [-0.2, 0) is 4.79 Å². The Morgan fingerprint density at radius 2 is 1.90 bits per heavy atom. The molecule has 0 aliphatic carbocycles. The number of benzene rings is 2. The number of hydrogen-bond acceptors (Lipinski definition) is 5. The van der Waals surface area contributed by atoms with Gasteiger partial charge >= 0.3 is 0 Å². The Labute approximate surface area is 188 Å². The van der Waals surface area contributed by atoms with E-state index < -0.39 is 0 Å². The third-order valence-electron chi connectivity index (χ3n) is 4.72. The predicted octanol–water partition coefficient (Wildman–Crippen LogP) is 5.53. The maximum Gasteiger partial charge on any atom is 0.250 e. The van der Waals surface area contributed by atoms with Crippen molar-refractivity contribution in [2.45, 2.75) is 19.8 Å². The molecule has 1 N–H and O–H groups in total. The van der Waals surface area contributed by atoms with Crippen molar-refractivity contribution in [2.75, 3.05) is 32.6 Å². The van der Waals surface area contributed by atoms with Crippen LogP contribution in [0.1, 0.15) is 30.9 Å². The monoisotopic (exact) mass is 435 g/mol. The zero-order valence-corrected chi connectivity index (χ0v) is 19.3. The van der Waals surface area contributed by atoms with Crippen LogP contribution in [-0.4, -0.2) is 43.0 Å². The average Bonchev–Trinajstić information content (AvgIpc) is 3.21. The van der Waals surface area contributed by atoms with Gasteiger partial charge in [0.15, 0.2) is 5.13 Å². The molecule has 1 amide bonds. The largest absolute Gasteiger partial charge is 0.492 e. The van der Waals surface area contributed by atoms with E-state index in [0.29, 0.717) is 17.7 Å². The molecule has 0 saturated carbocycles. The molecule has 0 unspecified atom stereocenters. The van der Waals surface area contributed by atoms with Crippen molar-refractivity contribution < 1.29 is 9.53 Å². The quantitative estimate of drug-likeness (QED) is 0.449. The van der Waals surface area contributed by atoms with Crippen LogP contribution in [0.2, 0.25) is 0 Å². The van der Waals surface area contributed by atoms with Gasteiger partial charge in [-0.2, -0.15) is 0 Å². The number of nitrogens with one attached hydrogen (secondary N) is 1. The van der Waals surface area contributed by atoms with E-state index in [9.17, 15) is 4.79 Å². The summed E-state index contributed by atoms with van der Waals surface area (Å²) >= 11 is 1.40. The Hall–Kier alpha value is -2.96. The summed E-state index contributed by atoms with van der Waals surface area (Å²) in [5, 5.41) is 5.33. The third-order valence-corrected chi connectivity index (χ3v) is 5.48. The molecule has 1 aromatic heterocycles. The number of likely N-dealkylation sites (N-methyl/N-ethyl adjacent to an activating group) is 1. The van der Waals surface area contributed by atoms with Gasteiger partial charge in [-0.3, -0.25) is 10.1 Å². The van der Waals surface area contributed by atoms with Gasteiger partial charge in [0.2, 0.25) is 5.91 Å². The lowest BCUT2D eigenvalue weighted by molar-refractivity contribution is -0.111. The van der Waals surface area contributed by atoms with Crippen molar-refractivity contribution in [2.24, 2.45) is 0 Å². The number of anilines is 1. The van der Waals surface area contributed by atoms with Crippen molar-refractivity contribution >= 4 is 28.5 Å². The highest BCUT2D eigenvalue weighted by atomic mass is 32.1. The molecule has 2 aromatic carbocycles. The Kier molecular flexibility index (Phi) is 7.98. The molecule has 6 heteroatoms. The lowest BCUT2D eigenvalue weighted by Gasteiger charge is -2.13. The van der Waals surface area contributed by atoms with E-state index in [1.807, 2.05) is 61.9 Å². The standard InChI is InChI=1S/C25H29N3O2S/c1-18(2)20-12-9-19(10-13-20)11-14-24(29)27-25-26-22(17-31-25)21-7-5-6-8-23(21)30-16-15-28(3)4/h5-14,17-18H,15-16H2,1-4H3,(H,26,27,29)/b14-11+. The van der Waals surface area contributed by atoms with E-state index in [4.69, 9.17) is 4.74 Å². The Morgan fingerprint density at radius 3 is 2.61 bits per heavy atom. The molecular formula is C25H29N3O2S. The molecule has 162 valence electrons. The maximum absolute atomic E-state index is 12.3. The van der Waals surface area contributed by atoms with Crippen LogP contribution < -0.4 is 10.1 Å². The molecule has 0 saturated heterocycles. The number of hydrogen-bond donors (Lipinski definition) is 1. The van der Waals surface area contributed by atoms with E-state index >= 15 is 0 Å². The van der Waals surface area contributed by atoms with Crippen LogP contribution in [0.4, 0.5) is 5.13 Å². The molecule has 3 rings (SSSR count). The summed E-state index contributed by atoms with van der Waals surface area (Å²) in [5.41, 5.74) is 3.97. The maximum atomic E-state index is 12.3. The summed E-state index contributed by atoms with van der Waals surface area (Å²) < 4.78 is 5.93. The smallest absolute Gasteiger partial charge is 0.250 e. The molecule has 31 heavy (non-hydrogen) atoms. The molecule has 0 aliphatic rings. The second-order valence-electron chi connectivity index (χ2n) is 7.83. The molecule has 0 atom stereocenters. The Morgan fingerprint density at radius 1 is 1.16 bits per heavy atom. The van der Waals surface area contributed by atoms with Crippen molar-refractivity contribution in [3.63, 3.8) is 0 Å². The lowest BCUT2D eigenvalue weighted by Crippen LogP contribution is -2.19. The molecule has 0 bridgehead atoms. The Balaban J connectivity index is 1.63. The normalized spacial score (nSPS) is 11.4. The fourth-order valence-corrected chi connectivity index (χ4v) is 3.62. The molecule has 5 nitrogen and oxygen atoms in total. The number of para-hydroxylation sites is 1. The predicted molar refractivity (Wildman–Crippen MR) is 130 cm³/mol. The molecular weight excluding hydrogens is 406 g/mol. The minimum Gasteiger partial charge on any atom is -0.492 e. The zero-order valence-electron chi connectivity index (χ0n) is 18.5. The van der Waals surface area contributed by atoms with Crippen LogP contribution in [0, 0.1) is 0 Å². The van der Waals surface area contributed by atoms with Crippen molar-refractivity contribution in [3.8, 4) is 17.0 Å². The summed E-state index contributed by atoms with van der Waals surface area (Å²) in [7, 11) is 4.03. The first-order chi connectivity index (χ1) is 14.9. The van der Waals surface area contributed by atoms with Gasteiger partial charge in [-0.15, -0.1) is 11.3 Å². The molecule has 0 spiro atoms. The van der Waals surface area contributed by atoms with Crippen LogP contribution in [0.3, 0.4) is 0 Å². The Bertz CT molecular complexity index is 1020. The average molecular weight is 436 g/mol. The lowest BCUT2D eigenvalue weighted by atomic mass is 10.0. The van der Waals surface area contributed by atoms with Crippen LogP contribution in [0.25, 0.3) is 17.3 Å². The summed E-state index contributed by atoms with van der Waals surface area (Å²) in [4.78, 5) is 19.0. The van der Waals surface area contributed by atoms with Crippen molar-refractivity contribution in [3.05, 3.63) is 71.1 Å². The van der Waals surface area contributed by atoms with Gasteiger partial charge in [0.1, 0.15) is 12.4 Å². The topological polar surface area (TPSA) is 54.5 Å². The summed E-state index contributed by atoms with van der Waals surface area (Å²) in [6.07, 6.45) is 3.34. The third kappa shape index (κ3) is 6.77. The minimum atomic E-state index is -0.204. The van der Waals surface area contributed by atoms with E-state index in [0.717, 1.165) is 29.1 Å². The van der Waals surface area contributed by atoms with E-state index in [1.54, 1.807) is 0 Å². The summed E-state index contributed by atoms with van der Waals surface area (Å²) in [5.74, 6) is 1.07. The number of amides is 1. The number of thiazole rings is 1. The second kappa shape index (κ2) is 10.9. The van der Waals surface area contributed by atoms with E-state index in [1.165, 1.54) is 23.0 Å². The van der Waals surface area contributed by atoms with E-state index in [2.05, 4.69) is 41.2 Å². The highest BCUT2D eigenvalue weighted by molar-refractivity contribution is 7.14.